The molecule has 2 heteroatoms. The highest BCUT2D eigenvalue weighted by Crippen LogP contribution is 2.35. The van der Waals surface area contributed by atoms with Crippen LogP contribution in [0.5, 0.6) is 0 Å². The Morgan fingerprint density at radius 3 is 2.00 bits per heavy atom. The van der Waals surface area contributed by atoms with Crippen molar-refractivity contribution in [1.82, 2.24) is 0 Å². The van der Waals surface area contributed by atoms with Gasteiger partial charge in [0.1, 0.15) is 0 Å². The summed E-state index contributed by atoms with van der Waals surface area (Å²) in [7, 11) is 0. The maximum Gasteiger partial charge on any atom is 0.306 e. The molecule has 0 heterocycles. The summed E-state index contributed by atoms with van der Waals surface area (Å²) in [6.07, 6.45) is 17.9. The maximum atomic E-state index is 11.1. The van der Waals surface area contributed by atoms with E-state index in [0.29, 0.717) is 5.92 Å². The molecular formula is C18H34O2. The monoisotopic (exact) mass is 282 g/mol. The van der Waals surface area contributed by atoms with Gasteiger partial charge in [0.2, 0.25) is 0 Å². The largest absolute Gasteiger partial charge is 0.481 e. The summed E-state index contributed by atoms with van der Waals surface area (Å²) in [5.41, 5.74) is 0. The average molecular weight is 282 g/mol. The number of aliphatic carboxylic acids is 1. The van der Waals surface area contributed by atoms with Crippen molar-refractivity contribution in [1.29, 1.82) is 0 Å². The molecule has 0 aromatic rings. The Morgan fingerprint density at radius 2 is 1.45 bits per heavy atom. The van der Waals surface area contributed by atoms with Gasteiger partial charge in [0.05, 0.1) is 5.92 Å². The van der Waals surface area contributed by atoms with Crippen molar-refractivity contribution in [2.24, 2.45) is 11.8 Å². The lowest BCUT2D eigenvalue weighted by Gasteiger charge is -2.15. The van der Waals surface area contributed by atoms with E-state index in [-0.39, 0.29) is 5.92 Å². The summed E-state index contributed by atoms with van der Waals surface area (Å²) in [6.45, 7) is 2.26. The van der Waals surface area contributed by atoms with Crippen LogP contribution in [0.25, 0.3) is 0 Å². The van der Waals surface area contributed by atoms with Crippen LogP contribution in [0.1, 0.15) is 96.8 Å². The van der Waals surface area contributed by atoms with Crippen LogP contribution < -0.4 is 0 Å². The molecule has 1 rings (SSSR count). The second kappa shape index (κ2) is 11.2. The van der Waals surface area contributed by atoms with Crippen molar-refractivity contribution in [2.75, 3.05) is 0 Å². The van der Waals surface area contributed by atoms with E-state index in [1.165, 1.54) is 64.2 Å². The van der Waals surface area contributed by atoms with Crippen LogP contribution in [0.2, 0.25) is 0 Å². The van der Waals surface area contributed by atoms with E-state index < -0.39 is 5.97 Å². The number of hydrogen-bond acceptors (Lipinski definition) is 1. The third kappa shape index (κ3) is 7.31. The Kier molecular flexibility index (Phi) is 9.78. The van der Waals surface area contributed by atoms with Gasteiger partial charge in [-0.1, -0.05) is 77.6 Å². The number of rotatable bonds is 12. The van der Waals surface area contributed by atoms with Crippen LogP contribution in [0.4, 0.5) is 0 Å². The van der Waals surface area contributed by atoms with Crippen molar-refractivity contribution in [3.05, 3.63) is 0 Å². The summed E-state index contributed by atoms with van der Waals surface area (Å²) in [4.78, 5) is 11.1. The zero-order valence-corrected chi connectivity index (χ0v) is 13.4. The van der Waals surface area contributed by atoms with E-state index in [4.69, 9.17) is 5.11 Å². The fourth-order valence-electron chi connectivity index (χ4n) is 3.60. The molecule has 0 spiro atoms. The second-order valence-electron chi connectivity index (χ2n) is 6.61. The van der Waals surface area contributed by atoms with Crippen molar-refractivity contribution < 1.29 is 9.90 Å². The molecule has 0 saturated heterocycles. The maximum absolute atomic E-state index is 11.1. The molecule has 2 unspecified atom stereocenters. The molecule has 0 amide bonds. The van der Waals surface area contributed by atoms with E-state index in [1.54, 1.807) is 0 Å². The SMILES string of the molecule is CCCCCCCCCCCCC1CCCC1C(=O)O. The van der Waals surface area contributed by atoms with Crippen LogP contribution in [0.15, 0.2) is 0 Å². The fourth-order valence-corrected chi connectivity index (χ4v) is 3.60. The first-order valence-corrected chi connectivity index (χ1v) is 8.98. The van der Waals surface area contributed by atoms with Gasteiger partial charge in [-0.05, 0) is 25.2 Å². The Morgan fingerprint density at radius 1 is 0.900 bits per heavy atom. The summed E-state index contributed by atoms with van der Waals surface area (Å²) < 4.78 is 0. The van der Waals surface area contributed by atoms with Gasteiger partial charge >= 0.3 is 5.97 Å². The average Bonchev–Trinajstić information content (AvgIpc) is 2.89. The molecule has 118 valence electrons. The van der Waals surface area contributed by atoms with Crippen LogP contribution in [-0.4, -0.2) is 11.1 Å². The van der Waals surface area contributed by atoms with Crippen molar-refractivity contribution in [3.8, 4) is 0 Å². The molecule has 1 aliphatic carbocycles. The molecule has 0 aromatic heterocycles. The number of hydrogen-bond donors (Lipinski definition) is 1. The first kappa shape index (κ1) is 17.5. The molecule has 0 aliphatic heterocycles. The lowest BCUT2D eigenvalue weighted by Crippen LogP contribution is -2.18. The van der Waals surface area contributed by atoms with Crippen molar-refractivity contribution >= 4 is 5.97 Å². The molecule has 1 N–H and O–H groups in total. The minimum atomic E-state index is -0.556. The van der Waals surface area contributed by atoms with E-state index in [1.807, 2.05) is 0 Å². The third-order valence-corrected chi connectivity index (χ3v) is 4.90. The van der Waals surface area contributed by atoms with Crippen molar-refractivity contribution in [3.63, 3.8) is 0 Å². The highest BCUT2D eigenvalue weighted by Gasteiger charge is 2.31. The quantitative estimate of drug-likeness (QED) is 0.459. The first-order chi connectivity index (χ1) is 9.75. The standard InChI is InChI=1S/C18H34O2/c1-2-3-4-5-6-7-8-9-10-11-13-16-14-12-15-17(16)18(19)20/h16-17H,2-15H2,1H3,(H,19,20). The molecule has 1 aliphatic rings. The zero-order valence-electron chi connectivity index (χ0n) is 13.4. The minimum Gasteiger partial charge on any atom is -0.481 e. The van der Waals surface area contributed by atoms with E-state index in [2.05, 4.69) is 6.92 Å². The Labute approximate surface area is 125 Å². The molecule has 0 bridgehead atoms. The summed E-state index contributed by atoms with van der Waals surface area (Å²) >= 11 is 0. The van der Waals surface area contributed by atoms with Crippen LogP contribution in [0.3, 0.4) is 0 Å². The fraction of sp³-hybridized carbons (Fsp3) is 0.944. The van der Waals surface area contributed by atoms with E-state index >= 15 is 0 Å². The lowest BCUT2D eigenvalue weighted by molar-refractivity contribution is -0.143. The topological polar surface area (TPSA) is 37.3 Å². The van der Waals surface area contributed by atoms with Gasteiger partial charge in [0, 0.05) is 0 Å². The Hall–Kier alpha value is -0.530. The van der Waals surface area contributed by atoms with Crippen LogP contribution in [0, 0.1) is 11.8 Å². The predicted molar refractivity (Wildman–Crippen MR) is 84.9 cm³/mol. The third-order valence-electron chi connectivity index (χ3n) is 4.90. The normalized spacial score (nSPS) is 22.2. The van der Waals surface area contributed by atoms with Crippen molar-refractivity contribution in [2.45, 2.75) is 96.8 Å². The number of carbonyl (C=O) groups is 1. The lowest BCUT2D eigenvalue weighted by atomic mass is 9.90. The molecule has 2 atom stereocenters. The van der Waals surface area contributed by atoms with Gasteiger partial charge in [-0.15, -0.1) is 0 Å². The molecule has 0 aromatic carbocycles. The number of carboxylic acids is 1. The highest BCUT2D eigenvalue weighted by atomic mass is 16.4. The smallest absolute Gasteiger partial charge is 0.306 e. The van der Waals surface area contributed by atoms with Crippen LogP contribution >= 0.6 is 0 Å². The minimum absolute atomic E-state index is 0.0337. The van der Waals surface area contributed by atoms with Crippen LogP contribution in [-0.2, 0) is 4.79 Å². The number of unbranched alkanes of at least 4 members (excludes halogenated alkanes) is 9. The summed E-state index contributed by atoms with van der Waals surface area (Å²) in [6, 6.07) is 0. The summed E-state index contributed by atoms with van der Waals surface area (Å²) in [5, 5.41) is 9.15. The van der Waals surface area contributed by atoms with Gasteiger partial charge in [0.25, 0.3) is 0 Å². The predicted octanol–water partition coefficient (Wildman–Crippen LogP) is 5.80. The molecular weight excluding hydrogens is 248 g/mol. The first-order valence-electron chi connectivity index (χ1n) is 8.98. The van der Waals surface area contributed by atoms with Gasteiger partial charge in [-0.2, -0.15) is 0 Å². The Bertz CT molecular complexity index is 250. The van der Waals surface area contributed by atoms with E-state index in [0.717, 1.165) is 25.7 Å². The Balaban J connectivity index is 1.88. The van der Waals surface area contributed by atoms with Gasteiger partial charge in [-0.25, -0.2) is 0 Å². The molecule has 1 fully saturated rings. The second-order valence-corrected chi connectivity index (χ2v) is 6.61. The van der Waals surface area contributed by atoms with Gasteiger partial charge in [0.15, 0.2) is 0 Å². The zero-order chi connectivity index (χ0) is 14.6. The van der Waals surface area contributed by atoms with E-state index in [9.17, 15) is 4.79 Å². The van der Waals surface area contributed by atoms with Gasteiger partial charge in [-0.3, -0.25) is 4.79 Å². The molecule has 2 nitrogen and oxygen atoms in total. The highest BCUT2D eigenvalue weighted by molar-refractivity contribution is 5.70. The molecule has 1 saturated carbocycles. The van der Waals surface area contributed by atoms with Gasteiger partial charge < -0.3 is 5.11 Å². The molecule has 20 heavy (non-hydrogen) atoms. The summed E-state index contributed by atoms with van der Waals surface area (Å²) in [5.74, 6) is -0.116. The number of carboxylic acid groups (broad SMARTS) is 1. The molecule has 0 radical (unpaired) electrons.